The molecule has 0 N–H and O–H groups in total. The summed E-state index contributed by atoms with van der Waals surface area (Å²) >= 11 is 0. The number of non-ortho nitro benzene ring substituents is 1. The van der Waals surface area contributed by atoms with Gasteiger partial charge in [-0.2, -0.15) is 0 Å². The summed E-state index contributed by atoms with van der Waals surface area (Å²) < 4.78 is 47.6. The summed E-state index contributed by atoms with van der Waals surface area (Å²) in [6, 6.07) is 8.10. The number of ether oxygens (including phenoxy) is 9. The van der Waals surface area contributed by atoms with Crippen molar-refractivity contribution >= 4 is 47.5 Å². The fraction of sp³-hybridized carbons (Fsp3) is 0.438. The summed E-state index contributed by atoms with van der Waals surface area (Å²) in [4.78, 5) is 94.6. The standard InChI is InChI=1S/C32H35N3O19/c1-17(36)47-16-26-27(49-18(2)37)28(50-19(3)38)29(51-20(4)39)30(54-26)53-25-11-6-21(14-24(25)35(44)45)15-48-31(40)33(5)12-13-46-32(41)52-23-9-7-22(8-10-23)34(42)43/h6-11,14,26-30H,12-13,15-16H2,1-5H3/t26-,27+,28+,29-,30-/m1/s1. The van der Waals surface area contributed by atoms with Crippen LogP contribution in [0.3, 0.4) is 0 Å². The zero-order valence-corrected chi connectivity index (χ0v) is 29.4. The van der Waals surface area contributed by atoms with E-state index in [0.29, 0.717) is 0 Å². The summed E-state index contributed by atoms with van der Waals surface area (Å²) in [6.45, 7) is 2.65. The number of nitro benzene ring substituents is 2. The first-order valence-electron chi connectivity index (χ1n) is 15.7. The van der Waals surface area contributed by atoms with E-state index >= 15 is 0 Å². The highest BCUT2D eigenvalue weighted by atomic mass is 16.7. The molecule has 1 saturated heterocycles. The summed E-state index contributed by atoms with van der Waals surface area (Å²) in [5.41, 5.74) is -0.747. The Hall–Kier alpha value is -6.58. The van der Waals surface area contributed by atoms with Crippen molar-refractivity contribution in [1.82, 2.24) is 4.90 Å². The molecular weight excluding hydrogens is 730 g/mol. The second kappa shape index (κ2) is 19.3. The second-order valence-corrected chi connectivity index (χ2v) is 11.2. The number of carbonyl (C=O) groups is 6. The van der Waals surface area contributed by atoms with Crippen molar-refractivity contribution in [2.75, 3.05) is 26.8 Å². The van der Waals surface area contributed by atoms with Crippen LogP contribution in [0.4, 0.5) is 21.0 Å². The Bertz CT molecular complexity index is 1730. The fourth-order valence-electron chi connectivity index (χ4n) is 4.68. The number of esters is 4. The highest BCUT2D eigenvalue weighted by Gasteiger charge is 2.53. The van der Waals surface area contributed by atoms with Crippen molar-refractivity contribution in [2.24, 2.45) is 0 Å². The zero-order chi connectivity index (χ0) is 40.1. The van der Waals surface area contributed by atoms with Gasteiger partial charge in [0.1, 0.15) is 31.7 Å². The number of likely N-dealkylation sites (N-methyl/N-ethyl adjacent to an activating group) is 1. The van der Waals surface area contributed by atoms with Gasteiger partial charge >= 0.3 is 41.8 Å². The van der Waals surface area contributed by atoms with Gasteiger partial charge in [-0.1, -0.05) is 6.07 Å². The van der Waals surface area contributed by atoms with Crippen molar-refractivity contribution in [1.29, 1.82) is 0 Å². The Balaban J connectivity index is 1.70. The van der Waals surface area contributed by atoms with Gasteiger partial charge in [-0.15, -0.1) is 0 Å². The smallest absolute Gasteiger partial charge is 0.463 e. The molecule has 0 spiro atoms. The molecule has 5 atom stereocenters. The van der Waals surface area contributed by atoms with Crippen LogP contribution in [0.2, 0.25) is 0 Å². The predicted octanol–water partition coefficient (Wildman–Crippen LogP) is 2.75. The minimum Gasteiger partial charge on any atom is -0.463 e. The molecule has 22 nitrogen and oxygen atoms in total. The number of amides is 1. The molecular formula is C32H35N3O19. The van der Waals surface area contributed by atoms with Crippen molar-refractivity contribution in [3.63, 3.8) is 0 Å². The molecule has 22 heteroatoms. The summed E-state index contributed by atoms with van der Waals surface area (Å²) in [5.74, 6) is -3.88. The highest BCUT2D eigenvalue weighted by Crippen LogP contribution is 2.35. The van der Waals surface area contributed by atoms with Crippen LogP contribution < -0.4 is 9.47 Å². The van der Waals surface area contributed by atoms with E-state index < -0.39 is 101 Å². The van der Waals surface area contributed by atoms with Crippen molar-refractivity contribution in [3.05, 3.63) is 68.3 Å². The number of hydrogen-bond acceptors (Lipinski definition) is 19. The van der Waals surface area contributed by atoms with E-state index in [-0.39, 0.29) is 30.2 Å². The molecule has 1 heterocycles. The maximum absolute atomic E-state index is 12.5. The van der Waals surface area contributed by atoms with Gasteiger partial charge < -0.3 is 47.5 Å². The van der Waals surface area contributed by atoms with E-state index in [1.165, 1.54) is 25.2 Å². The van der Waals surface area contributed by atoms with Crippen LogP contribution in [0.25, 0.3) is 0 Å². The number of rotatable bonds is 15. The van der Waals surface area contributed by atoms with E-state index in [2.05, 4.69) is 0 Å². The summed E-state index contributed by atoms with van der Waals surface area (Å²) in [6.07, 6.45) is -9.89. The number of benzene rings is 2. The monoisotopic (exact) mass is 765 g/mol. The van der Waals surface area contributed by atoms with Crippen molar-refractivity contribution < 1.29 is 81.2 Å². The van der Waals surface area contributed by atoms with Crippen LogP contribution >= 0.6 is 0 Å². The molecule has 1 amide bonds. The number of carbonyl (C=O) groups excluding carboxylic acids is 6. The van der Waals surface area contributed by atoms with Crippen LogP contribution in [0.1, 0.15) is 33.3 Å². The maximum atomic E-state index is 12.5. The quantitative estimate of drug-likeness (QED) is 0.0828. The Morgan fingerprint density at radius 1 is 0.759 bits per heavy atom. The Morgan fingerprint density at radius 3 is 1.94 bits per heavy atom. The van der Waals surface area contributed by atoms with Gasteiger partial charge in [-0.25, -0.2) is 9.59 Å². The largest absolute Gasteiger partial charge is 0.513 e. The molecule has 2 aromatic rings. The molecule has 0 aliphatic carbocycles. The molecule has 2 aromatic carbocycles. The van der Waals surface area contributed by atoms with Gasteiger partial charge in [-0.3, -0.25) is 39.4 Å². The molecule has 1 aliphatic rings. The second-order valence-electron chi connectivity index (χ2n) is 11.2. The average molecular weight is 766 g/mol. The summed E-state index contributed by atoms with van der Waals surface area (Å²) in [7, 11) is 1.32. The fourth-order valence-corrected chi connectivity index (χ4v) is 4.68. The van der Waals surface area contributed by atoms with Crippen molar-refractivity contribution in [3.8, 4) is 11.5 Å². The van der Waals surface area contributed by atoms with Gasteiger partial charge in [0, 0.05) is 52.9 Å². The van der Waals surface area contributed by atoms with E-state index in [1.54, 1.807) is 0 Å². The molecule has 1 aliphatic heterocycles. The molecule has 54 heavy (non-hydrogen) atoms. The number of nitro groups is 2. The average Bonchev–Trinajstić information content (AvgIpc) is 3.08. The first-order chi connectivity index (χ1) is 25.4. The third-order valence-electron chi connectivity index (χ3n) is 6.98. The Kier molecular flexibility index (Phi) is 15.0. The number of hydrogen-bond donors (Lipinski definition) is 0. The SMILES string of the molecule is CC(=O)OC[C@H]1O[C@@H](Oc2ccc(COC(=O)N(C)CCOC(=O)Oc3ccc([N+](=O)[O-])cc3)cc2[N+](=O)[O-])[C@H](OC(C)=O)[C@@H](OC(C)=O)[C@H]1OC(C)=O. The molecule has 0 radical (unpaired) electrons. The van der Waals surface area contributed by atoms with E-state index in [0.717, 1.165) is 56.9 Å². The van der Waals surface area contributed by atoms with Gasteiger partial charge in [0.05, 0.1) is 16.4 Å². The first kappa shape index (κ1) is 41.8. The highest BCUT2D eigenvalue weighted by molar-refractivity contribution is 5.69. The van der Waals surface area contributed by atoms with Crippen molar-refractivity contribution in [2.45, 2.75) is 65.0 Å². The minimum absolute atomic E-state index is 0.0121. The van der Waals surface area contributed by atoms with Crippen LogP contribution in [0, 0.1) is 20.2 Å². The molecule has 0 unspecified atom stereocenters. The molecule has 3 rings (SSSR count). The predicted molar refractivity (Wildman–Crippen MR) is 174 cm³/mol. The topological polar surface area (TPSA) is 275 Å². The van der Waals surface area contributed by atoms with Crippen LogP contribution in [0.15, 0.2) is 42.5 Å². The third-order valence-corrected chi connectivity index (χ3v) is 6.98. The lowest BCUT2D eigenvalue weighted by Crippen LogP contribution is -2.63. The number of nitrogens with zero attached hydrogens (tertiary/aromatic N) is 3. The molecule has 1 fully saturated rings. The maximum Gasteiger partial charge on any atom is 0.513 e. The molecule has 0 saturated carbocycles. The van der Waals surface area contributed by atoms with Crippen LogP contribution in [0.5, 0.6) is 11.5 Å². The summed E-state index contributed by atoms with van der Waals surface area (Å²) in [5, 5.41) is 22.8. The molecule has 0 bridgehead atoms. The van der Waals surface area contributed by atoms with Gasteiger partial charge in [0.2, 0.25) is 12.4 Å². The lowest BCUT2D eigenvalue weighted by atomic mass is 9.98. The van der Waals surface area contributed by atoms with E-state index in [4.69, 9.17) is 42.6 Å². The van der Waals surface area contributed by atoms with Crippen LogP contribution in [-0.4, -0.2) is 108 Å². The molecule has 0 aromatic heterocycles. The molecule has 292 valence electrons. The van der Waals surface area contributed by atoms with E-state index in [9.17, 15) is 49.0 Å². The third kappa shape index (κ3) is 12.6. The van der Waals surface area contributed by atoms with Gasteiger partial charge in [0.25, 0.3) is 5.69 Å². The minimum atomic E-state index is -1.75. The Labute approximate surface area is 305 Å². The van der Waals surface area contributed by atoms with Crippen LogP contribution in [-0.2, 0) is 58.9 Å². The zero-order valence-electron chi connectivity index (χ0n) is 29.4. The lowest BCUT2D eigenvalue weighted by molar-refractivity contribution is -0.387. The lowest BCUT2D eigenvalue weighted by Gasteiger charge is -2.43. The van der Waals surface area contributed by atoms with Gasteiger partial charge in [0.15, 0.2) is 18.0 Å². The van der Waals surface area contributed by atoms with E-state index in [1.807, 2.05) is 0 Å². The first-order valence-corrected chi connectivity index (χ1v) is 15.7. The van der Waals surface area contributed by atoms with Gasteiger partial charge in [-0.05, 0) is 23.8 Å². The normalized spacial score (nSPS) is 18.9. The Morgan fingerprint density at radius 2 is 1.37 bits per heavy atom.